The second-order valence-corrected chi connectivity index (χ2v) is 13.0. The molecule has 5 aromatic rings. The van der Waals surface area contributed by atoms with Gasteiger partial charge in [0.2, 0.25) is 11.8 Å². The molecule has 1 amide bonds. The van der Waals surface area contributed by atoms with Crippen LogP contribution in [-0.2, 0) is 24.4 Å². The lowest BCUT2D eigenvalue weighted by Gasteiger charge is -2.34. The van der Waals surface area contributed by atoms with Gasteiger partial charge in [-0.3, -0.25) is 9.69 Å². The Morgan fingerprint density at radius 3 is 2.21 bits per heavy atom. The Labute approximate surface area is 319 Å². The topological polar surface area (TPSA) is 77.0 Å². The fraction of sp³-hybridized carbons (Fsp3) is 0.225. The highest BCUT2D eigenvalue weighted by Crippen LogP contribution is 2.34. The average Bonchev–Trinajstić information content (AvgIpc) is 3.14. The molecule has 270 valence electrons. The van der Waals surface area contributed by atoms with Gasteiger partial charge in [-0.15, -0.1) is 12.4 Å². The lowest BCUT2D eigenvalue weighted by molar-refractivity contribution is -0.127. The molecule has 0 aliphatic carbocycles. The summed E-state index contributed by atoms with van der Waals surface area (Å²) in [5.74, 6) is 1.81. The van der Waals surface area contributed by atoms with Crippen LogP contribution >= 0.6 is 35.6 Å². The molecule has 3 aromatic carbocycles. The lowest BCUT2D eigenvalue weighted by atomic mass is 10.1. The van der Waals surface area contributed by atoms with E-state index in [-0.39, 0.29) is 24.1 Å². The number of amides is 1. The molecule has 0 unspecified atom stereocenters. The van der Waals surface area contributed by atoms with Gasteiger partial charge in [-0.1, -0.05) is 53.5 Å². The van der Waals surface area contributed by atoms with Gasteiger partial charge in [0.05, 0.1) is 17.8 Å². The van der Waals surface area contributed by atoms with Crippen molar-refractivity contribution in [3.8, 4) is 23.1 Å². The molecule has 0 atom stereocenters. The van der Waals surface area contributed by atoms with Gasteiger partial charge in [0.15, 0.2) is 5.75 Å². The van der Waals surface area contributed by atoms with Crippen molar-refractivity contribution in [3.63, 3.8) is 0 Å². The Morgan fingerprint density at radius 1 is 0.827 bits per heavy atom. The fourth-order valence-corrected chi connectivity index (χ4v) is 5.97. The number of halogens is 4. The van der Waals surface area contributed by atoms with Crippen molar-refractivity contribution in [2.75, 3.05) is 32.8 Å². The zero-order valence-corrected chi connectivity index (χ0v) is 30.8. The monoisotopic (exact) mass is 762 g/mol. The first-order chi connectivity index (χ1) is 24.8. The second kappa shape index (κ2) is 18.7. The maximum atomic E-state index is 13.1. The van der Waals surface area contributed by atoms with Crippen LogP contribution in [0.5, 0.6) is 23.1 Å². The van der Waals surface area contributed by atoms with E-state index in [4.69, 9.17) is 37.4 Å². The number of rotatable bonds is 13. The molecular formula is C40H38Cl3FN4O4. The third kappa shape index (κ3) is 11.2. The quantitative estimate of drug-likeness (QED) is 0.0876. The molecule has 0 spiro atoms. The predicted molar refractivity (Wildman–Crippen MR) is 204 cm³/mol. The number of ether oxygens (including phenoxy) is 3. The standard InChI is InChI=1S/C40H37Cl2FN4O4.ClH/c1-28-22-31(23-36(41)40(28)51-38-14-12-35(25-45-38)50-27-32-6-13-37(42)44-24-32)7-15-39(48)47-19-17-46(18-20-47)26-30-4-2-29(3-5-30)16-21-49-34-10-8-33(43)9-11-34;/h2-15,22-25H,16-21,26-27H2,1H3;1H. The summed E-state index contributed by atoms with van der Waals surface area (Å²) in [6.07, 6.45) is 7.39. The predicted octanol–water partition coefficient (Wildman–Crippen LogP) is 9.00. The Bertz CT molecular complexity index is 1910. The van der Waals surface area contributed by atoms with E-state index in [0.29, 0.717) is 59.6 Å². The number of hydrogen-bond donors (Lipinski definition) is 0. The average molecular weight is 764 g/mol. The number of hydrogen-bond acceptors (Lipinski definition) is 7. The summed E-state index contributed by atoms with van der Waals surface area (Å²) in [6, 6.07) is 25.3. The molecule has 0 bridgehead atoms. The zero-order valence-electron chi connectivity index (χ0n) is 28.5. The van der Waals surface area contributed by atoms with Crippen molar-refractivity contribution in [2.45, 2.75) is 26.5 Å². The molecule has 0 saturated carbocycles. The van der Waals surface area contributed by atoms with Crippen molar-refractivity contribution in [3.05, 3.63) is 147 Å². The smallest absolute Gasteiger partial charge is 0.246 e. The number of aryl methyl sites for hydroxylation is 1. The Hall–Kier alpha value is -4.67. The number of carbonyl (C=O) groups excluding carboxylic acids is 1. The molecule has 8 nitrogen and oxygen atoms in total. The van der Waals surface area contributed by atoms with Crippen LogP contribution in [0.4, 0.5) is 4.39 Å². The van der Waals surface area contributed by atoms with Crippen LogP contribution < -0.4 is 14.2 Å². The number of aromatic nitrogens is 2. The third-order valence-electron chi connectivity index (χ3n) is 8.37. The summed E-state index contributed by atoms with van der Waals surface area (Å²) in [4.78, 5) is 25.6. The highest BCUT2D eigenvalue weighted by atomic mass is 35.5. The van der Waals surface area contributed by atoms with Crippen LogP contribution in [0, 0.1) is 12.7 Å². The van der Waals surface area contributed by atoms with Crippen LogP contribution in [0.2, 0.25) is 10.2 Å². The van der Waals surface area contributed by atoms with Crippen molar-refractivity contribution in [2.24, 2.45) is 0 Å². The fourth-order valence-electron chi connectivity index (χ4n) is 5.54. The van der Waals surface area contributed by atoms with Crippen LogP contribution in [0.25, 0.3) is 6.08 Å². The molecule has 6 rings (SSSR count). The first-order valence-corrected chi connectivity index (χ1v) is 17.4. The van der Waals surface area contributed by atoms with Gasteiger partial charge in [-0.25, -0.2) is 14.4 Å². The maximum Gasteiger partial charge on any atom is 0.246 e. The molecule has 2 aromatic heterocycles. The molecular weight excluding hydrogens is 726 g/mol. The molecule has 52 heavy (non-hydrogen) atoms. The molecule has 3 heterocycles. The minimum absolute atomic E-state index is 0. The molecule has 12 heteroatoms. The maximum absolute atomic E-state index is 13.1. The second-order valence-electron chi connectivity index (χ2n) is 12.2. The van der Waals surface area contributed by atoms with E-state index in [1.807, 2.05) is 24.0 Å². The molecule has 1 saturated heterocycles. The number of carbonyl (C=O) groups is 1. The van der Waals surface area contributed by atoms with Gasteiger partial charge < -0.3 is 19.1 Å². The molecule has 1 fully saturated rings. The normalized spacial score (nSPS) is 13.1. The summed E-state index contributed by atoms with van der Waals surface area (Å²) in [5, 5.41) is 0.846. The Kier molecular flexibility index (Phi) is 13.9. The summed E-state index contributed by atoms with van der Waals surface area (Å²) in [6.45, 7) is 6.49. The van der Waals surface area contributed by atoms with Gasteiger partial charge in [0.25, 0.3) is 0 Å². The van der Waals surface area contributed by atoms with E-state index in [2.05, 4.69) is 39.1 Å². The van der Waals surface area contributed by atoms with Crippen molar-refractivity contribution in [1.82, 2.24) is 19.8 Å². The van der Waals surface area contributed by atoms with Crippen molar-refractivity contribution < 1.29 is 23.4 Å². The molecule has 1 aliphatic rings. The van der Waals surface area contributed by atoms with E-state index in [1.54, 1.807) is 60.9 Å². The highest BCUT2D eigenvalue weighted by Gasteiger charge is 2.20. The third-order valence-corrected chi connectivity index (χ3v) is 8.87. The molecule has 1 aliphatic heterocycles. The van der Waals surface area contributed by atoms with Gasteiger partial charge in [0, 0.05) is 63.0 Å². The summed E-state index contributed by atoms with van der Waals surface area (Å²) >= 11 is 12.4. The van der Waals surface area contributed by atoms with E-state index < -0.39 is 0 Å². The van der Waals surface area contributed by atoms with Crippen LogP contribution in [0.3, 0.4) is 0 Å². The minimum atomic E-state index is -0.274. The largest absolute Gasteiger partial charge is 0.493 e. The first-order valence-electron chi connectivity index (χ1n) is 16.6. The van der Waals surface area contributed by atoms with Crippen LogP contribution in [0.15, 0.2) is 103 Å². The Morgan fingerprint density at radius 2 is 1.54 bits per heavy atom. The lowest BCUT2D eigenvalue weighted by Crippen LogP contribution is -2.47. The van der Waals surface area contributed by atoms with Crippen LogP contribution in [0.1, 0.15) is 27.8 Å². The Balaban J connectivity index is 0.00000523. The zero-order chi connectivity index (χ0) is 35.6. The van der Waals surface area contributed by atoms with Gasteiger partial charge in [0.1, 0.15) is 29.1 Å². The number of nitrogens with zero attached hydrogens (tertiary/aromatic N) is 4. The SMILES string of the molecule is Cc1cc(C=CC(=O)N2CCN(Cc3ccc(CCOc4ccc(F)cc4)cc3)CC2)cc(Cl)c1Oc1ccc(OCc2ccc(Cl)nc2)cn1.Cl. The van der Waals surface area contributed by atoms with E-state index in [9.17, 15) is 9.18 Å². The van der Waals surface area contributed by atoms with Crippen LogP contribution in [-0.4, -0.2) is 58.5 Å². The summed E-state index contributed by atoms with van der Waals surface area (Å²) in [5.41, 5.74) is 4.91. The van der Waals surface area contributed by atoms with Gasteiger partial charge in [-0.05, 0) is 83.8 Å². The van der Waals surface area contributed by atoms with Crippen molar-refractivity contribution >= 4 is 47.6 Å². The van der Waals surface area contributed by atoms with Gasteiger partial charge >= 0.3 is 0 Å². The first kappa shape index (κ1) is 38.6. The molecule has 0 N–H and O–H groups in total. The molecule has 0 radical (unpaired) electrons. The number of benzene rings is 3. The van der Waals surface area contributed by atoms with E-state index in [1.165, 1.54) is 23.3 Å². The summed E-state index contributed by atoms with van der Waals surface area (Å²) in [7, 11) is 0. The number of pyridine rings is 2. The van der Waals surface area contributed by atoms with E-state index in [0.717, 1.165) is 42.7 Å². The highest BCUT2D eigenvalue weighted by molar-refractivity contribution is 6.32. The van der Waals surface area contributed by atoms with Gasteiger partial charge in [-0.2, -0.15) is 0 Å². The van der Waals surface area contributed by atoms with E-state index >= 15 is 0 Å². The number of piperazine rings is 1. The van der Waals surface area contributed by atoms with Crippen molar-refractivity contribution in [1.29, 1.82) is 0 Å². The minimum Gasteiger partial charge on any atom is -0.493 e. The summed E-state index contributed by atoms with van der Waals surface area (Å²) < 4.78 is 30.5.